The quantitative estimate of drug-likeness (QED) is 0.276. The number of aromatic nitrogens is 2. The number of halogens is 3. The zero-order valence-electron chi connectivity index (χ0n) is 23.6. The molecule has 0 N–H and O–H groups in total. The summed E-state index contributed by atoms with van der Waals surface area (Å²) < 4.78 is 37.4. The Morgan fingerprint density at radius 2 is 1.72 bits per heavy atom. The average molecular weight is 712 g/mol. The largest absolute Gasteiger partial charge is 0.460 e. The van der Waals surface area contributed by atoms with Crippen LogP contribution < -0.4 is 4.90 Å². The van der Waals surface area contributed by atoms with E-state index < -0.39 is 45.5 Å². The number of anilines is 2. The fourth-order valence-corrected chi connectivity index (χ4v) is 8.61. The van der Waals surface area contributed by atoms with Crippen LogP contribution >= 0.6 is 39.1 Å². The zero-order valence-corrected chi connectivity index (χ0v) is 27.5. The minimum absolute atomic E-state index is 0.0326. The molecule has 2 heterocycles. The molecule has 3 atom stereocenters. The molecule has 228 valence electrons. The van der Waals surface area contributed by atoms with Crippen molar-refractivity contribution in [3.05, 3.63) is 68.7 Å². The first kappa shape index (κ1) is 31.5. The Labute approximate surface area is 268 Å². The summed E-state index contributed by atoms with van der Waals surface area (Å²) >= 11 is 16.0. The van der Waals surface area contributed by atoms with Crippen molar-refractivity contribution in [3.8, 4) is 0 Å². The second kappa shape index (κ2) is 11.9. The Kier molecular flexibility index (Phi) is 8.69. The molecule has 0 radical (unpaired) electrons. The van der Waals surface area contributed by atoms with Crippen LogP contribution in [0.25, 0.3) is 0 Å². The molecule has 5 rings (SSSR count). The standard InChI is InChI=1S/C29H29BrCl2N4O6S/c1-17(37)36(24-6-4-5-7-25(24)42-18(2)38)43(40,41)26-16-33-28-34(23-13-21(31)12-22(32)14-23)27(39)29(3,35(26)28)15-19-8-10-20(30)11-9-19/h8-14,16,24-25H,4-7,15H2,1-3H3/t24?,25-,29-/m1/s1. The van der Waals surface area contributed by atoms with E-state index in [2.05, 4.69) is 20.9 Å². The van der Waals surface area contributed by atoms with E-state index in [0.29, 0.717) is 24.9 Å². The summed E-state index contributed by atoms with van der Waals surface area (Å²) in [7, 11) is -4.61. The van der Waals surface area contributed by atoms with Gasteiger partial charge in [0.05, 0.1) is 17.9 Å². The van der Waals surface area contributed by atoms with Crippen LogP contribution in [0, 0.1) is 0 Å². The lowest BCUT2D eigenvalue weighted by molar-refractivity contribution is -0.152. The summed E-state index contributed by atoms with van der Waals surface area (Å²) in [6.07, 6.45) is 2.56. The van der Waals surface area contributed by atoms with Crippen LogP contribution in [-0.2, 0) is 41.1 Å². The van der Waals surface area contributed by atoms with Gasteiger partial charge in [-0.15, -0.1) is 0 Å². The number of carbonyl (C=O) groups is 3. The van der Waals surface area contributed by atoms with Crippen molar-refractivity contribution in [2.75, 3.05) is 4.90 Å². The first-order valence-electron chi connectivity index (χ1n) is 13.6. The van der Waals surface area contributed by atoms with Crippen molar-refractivity contribution >= 4 is 78.6 Å². The molecule has 3 aromatic rings. The van der Waals surface area contributed by atoms with Crippen molar-refractivity contribution in [1.82, 2.24) is 13.9 Å². The normalized spacial score (nSPS) is 21.9. The molecule has 14 heteroatoms. The number of hydrogen-bond donors (Lipinski definition) is 0. The highest BCUT2D eigenvalue weighted by molar-refractivity contribution is 9.10. The van der Waals surface area contributed by atoms with Crippen LogP contribution in [0.2, 0.25) is 10.0 Å². The van der Waals surface area contributed by atoms with Gasteiger partial charge in [0.2, 0.25) is 11.9 Å². The predicted octanol–water partition coefficient (Wildman–Crippen LogP) is 6.00. The second-order valence-corrected chi connectivity index (χ2v) is 14.4. The minimum atomic E-state index is -4.61. The van der Waals surface area contributed by atoms with E-state index in [1.165, 1.54) is 34.6 Å². The third kappa shape index (κ3) is 5.82. The Morgan fingerprint density at radius 1 is 1.09 bits per heavy atom. The van der Waals surface area contributed by atoms with Crippen LogP contribution in [0.15, 0.2) is 58.2 Å². The SMILES string of the molecule is CC(=O)O[C@@H]1CCCCC1N(C(C)=O)S(=O)(=O)c1cnc2n1[C@](C)(Cc1ccc(Br)cc1)C(=O)N2c1cc(Cl)cc(Cl)c1. The van der Waals surface area contributed by atoms with Crippen LogP contribution in [0.5, 0.6) is 0 Å². The first-order chi connectivity index (χ1) is 20.2. The van der Waals surface area contributed by atoms with Gasteiger partial charge in [-0.3, -0.25) is 19.0 Å². The Balaban J connectivity index is 1.69. The Hall–Kier alpha value is -2.93. The van der Waals surface area contributed by atoms with Gasteiger partial charge < -0.3 is 4.74 Å². The van der Waals surface area contributed by atoms with E-state index >= 15 is 0 Å². The van der Waals surface area contributed by atoms with E-state index in [4.69, 9.17) is 27.9 Å². The number of rotatable bonds is 7. The number of imidazole rings is 1. The molecule has 0 saturated heterocycles. The molecular weight excluding hydrogens is 683 g/mol. The highest BCUT2D eigenvalue weighted by Crippen LogP contribution is 2.45. The third-order valence-corrected chi connectivity index (χ3v) is 10.6. The molecule has 1 unspecified atom stereocenters. The van der Waals surface area contributed by atoms with E-state index in [0.717, 1.165) is 33.9 Å². The summed E-state index contributed by atoms with van der Waals surface area (Å²) in [5.74, 6) is -1.73. The summed E-state index contributed by atoms with van der Waals surface area (Å²) in [4.78, 5) is 45.0. The highest BCUT2D eigenvalue weighted by atomic mass is 79.9. The van der Waals surface area contributed by atoms with Gasteiger partial charge in [-0.05, 0) is 62.1 Å². The van der Waals surface area contributed by atoms with E-state index in [1.54, 1.807) is 6.92 Å². The fraction of sp³-hybridized carbons (Fsp3) is 0.379. The zero-order chi connectivity index (χ0) is 31.3. The van der Waals surface area contributed by atoms with Crippen molar-refractivity contribution in [2.45, 2.75) is 75.6 Å². The summed E-state index contributed by atoms with van der Waals surface area (Å²) in [5, 5.41) is 0.215. The lowest BCUT2D eigenvalue weighted by Gasteiger charge is -2.38. The van der Waals surface area contributed by atoms with Crippen LogP contribution in [0.3, 0.4) is 0 Å². The van der Waals surface area contributed by atoms with Gasteiger partial charge in [0.15, 0.2) is 5.03 Å². The number of sulfonamides is 1. The Morgan fingerprint density at radius 3 is 2.33 bits per heavy atom. The predicted molar refractivity (Wildman–Crippen MR) is 165 cm³/mol. The van der Waals surface area contributed by atoms with E-state index in [9.17, 15) is 22.8 Å². The van der Waals surface area contributed by atoms with Gasteiger partial charge in [-0.25, -0.2) is 14.2 Å². The second-order valence-electron chi connectivity index (χ2n) is 10.9. The molecule has 43 heavy (non-hydrogen) atoms. The van der Waals surface area contributed by atoms with E-state index in [-0.39, 0.29) is 27.4 Å². The molecule has 2 aromatic carbocycles. The Bertz CT molecular complexity index is 1690. The van der Waals surface area contributed by atoms with Gasteiger partial charge in [0.1, 0.15) is 11.6 Å². The number of ether oxygens (including phenoxy) is 1. The average Bonchev–Trinajstić information content (AvgIpc) is 3.44. The third-order valence-electron chi connectivity index (χ3n) is 7.76. The van der Waals surface area contributed by atoms with E-state index in [1.807, 2.05) is 24.3 Å². The molecule has 1 fully saturated rings. The molecule has 1 aliphatic carbocycles. The smallest absolute Gasteiger partial charge is 0.302 e. The lowest BCUT2D eigenvalue weighted by atomic mass is 9.92. The molecule has 0 bridgehead atoms. The molecule has 2 aliphatic rings. The number of benzene rings is 2. The van der Waals surface area contributed by atoms with Crippen molar-refractivity contribution in [1.29, 1.82) is 0 Å². The van der Waals surface area contributed by atoms with Gasteiger partial charge in [-0.1, -0.05) is 57.7 Å². The molecule has 1 saturated carbocycles. The number of esters is 1. The number of amides is 2. The van der Waals surface area contributed by atoms with Gasteiger partial charge >= 0.3 is 5.97 Å². The number of carbonyl (C=O) groups excluding carboxylic acids is 3. The maximum atomic E-state index is 14.5. The first-order valence-corrected chi connectivity index (χ1v) is 16.6. The monoisotopic (exact) mass is 710 g/mol. The van der Waals surface area contributed by atoms with Gasteiger partial charge in [0.25, 0.3) is 15.9 Å². The molecule has 1 aromatic heterocycles. The number of fused-ring (bicyclic) bond motifs is 1. The molecular formula is C29H29BrCl2N4O6S. The molecule has 1 aliphatic heterocycles. The lowest BCUT2D eigenvalue weighted by Crippen LogP contribution is -2.52. The minimum Gasteiger partial charge on any atom is -0.460 e. The fourth-order valence-electron chi connectivity index (χ4n) is 5.99. The summed E-state index contributed by atoms with van der Waals surface area (Å²) in [6, 6.07) is 11.0. The number of nitrogens with zero attached hydrogens (tertiary/aromatic N) is 4. The highest BCUT2D eigenvalue weighted by Gasteiger charge is 2.53. The van der Waals surface area contributed by atoms with Gasteiger partial charge in [0, 0.05) is 34.8 Å². The maximum Gasteiger partial charge on any atom is 0.302 e. The van der Waals surface area contributed by atoms with Crippen molar-refractivity contribution < 1.29 is 27.5 Å². The number of hydrogen-bond acceptors (Lipinski definition) is 7. The summed E-state index contributed by atoms with van der Waals surface area (Å²) in [6.45, 7) is 4.04. The van der Waals surface area contributed by atoms with Crippen molar-refractivity contribution in [3.63, 3.8) is 0 Å². The van der Waals surface area contributed by atoms with Crippen LogP contribution in [-0.4, -0.2) is 52.2 Å². The van der Waals surface area contributed by atoms with Crippen LogP contribution in [0.4, 0.5) is 11.6 Å². The summed E-state index contributed by atoms with van der Waals surface area (Å²) in [5.41, 5.74) is -0.414. The molecule has 10 nitrogen and oxygen atoms in total. The van der Waals surface area contributed by atoms with Gasteiger partial charge in [-0.2, -0.15) is 8.42 Å². The van der Waals surface area contributed by atoms with Crippen molar-refractivity contribution in [2.24, 2.45) is 0 Å². The van der Waals surface area contributed by atoms with Crippen LogP contribution in [0.1, 0.15) is 52.0 Å². The molecule has 0 spiro atoms. The maximum absolute atomic E-state index is 14.5. The molecule has 2 amide bonds. The topological polar surface area (TPSA) is 119 Å².